The number of hydrogen-bond acceptors (Lipinski definition) is 1. The van der Waals surface area contributed by atoms with E-state index in [0.717, 1.165) is 35.6 Å². The number of thioether (sulfide) groups is 1. The first-order valence-corrected chi connectivity index (χ1v) is 10.3. The van der Waals surface area contributed by atoms with Gasteiger partial charge in [0.25, 0.3) is 0 Å². The summed E-state index contributed by atoms with van der Waals surface area (Å²) in [5, 5.41) is 2.14. The maximum atomic E-state index is 13.9. The Morgan fingerprint density at radius 3 is 2.56 bits per heavy atom. The summed E-state index contributed by atoms with van der Waals surface area (Å²) >= 11 is 1.73. The Morgan fingerprint density at radius 2 is 1.81 bits per heavy atom. The number of halogens is 2. The third-order valence-corrected chi connectivity index (χ3v) is 6.35. The van der Waals surface area contributed by atoms with Gasteiger partial charge in [-0.05, 0) is 70.2 Å². The Kier molecular flexibility index (Phi) is 5.05. The fraction of sp³-hybridized carbons (Fsp3) is 0.250. The summed E-state index contributed by atoms with van der Waals surface area (Å²) < 4.78 is 27.8. The van der Waals surface area contributed by atoms with Gasteiger partial charge in [0.15, 0.2) is 0 Å². The third-order valence-electron chi connectivity index (χ3n) is 5.45. The number of allylic oxidation sites excluding steroid dienone is 5. The molecule has 4 rings (SSSR count). The Labute approximate surface area is 163 Å². The smallest absolute Gasteiger partial charge is 0.126 e. The van der Waals surface area contributed by atoms with Crippen molar-refractivity contribution in [2.24, 2.45) is 5.92 Å². The first-order valence-electron chi connectivity index (χ1n) is 9.41. The van der Waals surface area contributed by atoms with Crippen molar-refractivity contribution < 1.29 is 8.78 Å². The molecule has 2 aromatic rings. The molecule has 2 atom stereocenters. The molecule has 0 bridgehead atoms. The molecule has 1 heterocycles. The fourth-order valence-corrected chi connectivity index (χ4v) is 5.06. The van der Waals surface area contributed by atoms with E-state index in [1.165, 1.54) is 22.6 Å². The van der Waals surface area contributed by atoms with E-state index in [2.05, 4.69) is 55.7 Å². The molecule has 138 valence electrons. The van der Waals surface area contributed by atoms with Gasteiger partial charge in [0.2, 0.25) is 0 Å². The van der Waals surface area contributed by atoms with Gasteiger partial charge in [0.1, 0.15) is 11.6 Å². The minimum atomic E-state index is -0.527. The summed E-state index contributed by atoms with van der Waals surface area (Å²) in [6.07, 6.45) is 8.32. The SMILES string of the molecule is CCC1CC=CC(c2ccc3c(c2)SC=CC3C)=C1c1cc(F)cc(F)c1. The van der Waals surface area contributed by atoms with Crippen LogP contribution in [0.25, 0.3) is 11.1 Å². The van der Waals surface area contributed by atoms with E-state index in [-0.39, 0.29) is 5.92 Å². The topological polar surface area (TPSA) is 0 Å². The monoisotopic (exact) mass is 380 g/mol. The van der Waals surface area contributed by atoms with Crippen molar-refractivity contribution in [1.29, 1.82) is 0 Å². The molecule has 0 fully saturated rings. The predicted molar refractivity (Wildman–Crippen MR) is 111 cm³/mol. The molecule has 0 saturated carbocycles. The Hall–Kier alpha value is -2.13. The molecule has 2 unspecified atom stereocenters. The van der Waals surface area contributed by atoms with E-state index in [1.807, 2.05) is 0 Å². The van der Waals surface area contributed by atoms with Crippen molar-refractivity contribution in [3.8, 4) is 0 Å². The molecule has 0 nitrogen and oxygen atoms in total. The molecule has 1 aliphatic heterocycles. The maximum Gasteiger partial charge on any atom is 0.126 e. The minimum absolute atomic E-state index is 0.258. The second-order valence-corrected chi connectivity index (χ2v) is 8.16. The van der Waals surface area contributed by atoms with Crippen molar-refractivity contribution in [1.82, 2.24) is 0 Å². The Bertz CT molecular complexity index is 948. The van der Waals surface area contributed by atoms with E-state index in [1.54, 1.807) is 11.8 Å². The highest BCUT2D eigenvalue weighted by atomic mass is 32.2. The van der Waals surface area contributed by atoms with Crippen molar-refractivity contribution in [3.63, 3.8) is 0 Å². The summed E-state index contributed by atoms with van der Waals surface area (Å²) in [5.41, 5.74) is 5.21. The largest absolute Gasteiger partial charge is 0.207 e. The highest BCUT2D eigenvalue weighted by molar-refractivity contribution is 8.02. The minimum Gasteiger partial charge on any atom is -0.207 e. The standard InChI is InChI=1S/C24H22F2S/c1-3-16-5-4-6-22(24(16)18-11-19(25)14-20(26)12-18)17-7-8-21-15(2)9-10-27-23(21)13-17/h4,6-16H,3,5H2,1-2H3. The third kappa shape index (κ3) is 3.53. The highest BCUT2D eigenvalue weighted by Gasteiger charge is 2.23. The predicted octanol–water partition coefficient (Wildman–Crippen LogP) is 7.58. The lowest BCUT2D eigenvalue weighted by molar-refractivity contribution is 0.580. The van der Waals surface area contributed by atoms with Crippen LogP contribution in [0.5, 0.6) is 0 Å². The number of rotatable bonds is 3. The normalized spacial score (nSPS) is 21.5. The van der Waals surface area contributed by atoms with Crippen LogP contribution < -0.4 is 0 Å². The van der Waals surface area contributed by atoms with Gasteiger partial charge in [-0.15, -0.1) is 0 Å². The van der Waals surface area contributed by atoms with Crippen molar-refractivity contribution in [2.45, 2.75) is 37.5 Å². The lowest BCUT2D eigenvalue weighted by Gasteiger charge is -2.26. The molecule has 0 aromatic heterocycles. The summed E-state index contributed by atoms with van der Waals surface area (Å²) in [7, 11) is 0. The zero-order valence-corrected chi connectivity index (χ0v) is 16.3. The number of fused-ring (bicyclic) bond motifs is 1. The Morgan fingerprint density at radius 1 is 1.04 bits per heavy atom. The van der Waals surface area contributed by atoms with Crippen molar-refractivity contribution in [2.75, 3.05) is 0 Å². The second kappa shape index (κ2) is 7.47. The van der Waals surface area contributed by atoms with E-state index in [4.69, 9.17) is 0 Å². The highest BCUT2D eigenvalue weighted by Crippen LogP contribution is 2.43. The number of benzene rings is 2. The zero-order valence-electron chi connectivity index (χ0n) is 15.5. The van der Waals surface area contributed by atoms with Crippen LogP contribution in [0.2, 0.25) is 0 Å². The van der Waals surface area contributed by atoms with Crippen LogP contribution >= 0.6 is 11.8 Å². The zero-order chi connectivity index (χ0) is 19.0. The van der Waals surface area contributed by atoms with Crippen LogP contribution in [-0.4, -0.2) is 0 Å². The quantitative estimate of drug-likeness (QED) is 0.529. The number of hydrogen-bond donors (Lipinski definition) is 0. The van der Waals surface area contributed by atoms with Crippen LogP contribution in [-0.2, 0) is 0 Å². The molecule has 0 saturated heterocycles. The molecule has 1 aliphatic carbocycles. The summed E-state index contributed by atoms with van der Waals surface area (Å²) in [5.74, 6) is -0.387. The van der Waals surface area contributed by atoms with E-state index >= 15 is 0 Å². The van der Waals surface area contributed by atoms with E-state index < -0.39 is 11.6 Å². The van der Waals surface area contributed by atoms with Gasteiger partial charge in [-0.2, -0.15) is 0 Å². The van der Waals surface area contributed by atoms with Crippen LogP contribution in [0.15, 0.2) is 64.9 Å². The van der Waals surface area contributed by atoms with E-state index in [0.29, 0.717) is 11.5 Å². The van der Waals surface area contributed by atoms with Gasteiger partial charge in [-0.3, -0.25) is 0 Å². The average molecular weight is 381 g/mol. The molecule has 0 N–H and O–H groups in total. The average Bonchev–Trinajstić information content (AvgIpc) is 2.66. The van der Waals surface area contributed by atoms with Crippen LogP contribution in [0.3, 0.4) is 0 Å². The van der Waals surface area contributed by atoms with Crippen LogP contribution in [0, 0.1) is 17.6 Å². The lowest BCUT2D eigenvalue weighted by atomic mass is 9.79. The molecule has 3 heteroatoms. The molecule has 0 amide bonds. The van der Waals surface area contributed by atoms with Gasteiger partial charge in [0, 0.05) is 16.9 Å². The van der Waals surface area contributed by atoms with Crippen molar-refractivity contribution >= 4 is 22.9 Å². The maximum absolute atomic E-state index is 13.9. The summed E-state index contributed by atoms with van der Waals surface area (Å²) in [4.78, 5) is 1.26. The summed E-state index contributed by atoms with van der Waals surface area (Å²) in [6, 6.07) is 10.4. The molecule has 2 aromatic carbocycles. The molecule has 2 aliphatic rings. The van der Waals surface area contributed by atoms with Gasteiger partial charge in [0.05, 0.1) is 0 Å². The summed E-state index contributed by atoms with van der Waals surface area (Å²) in [6.45, 7) is 4.33. The van der Waals surface area contributed by atoms with Crippen molar-refractivity contribution in [3.05, 3.63) is 88.4 Å². The molecular formula is C24H22F2S. The first-order chi connectivity index (χ1) is 13.1. The molecule has 0 spiro atoms. The molecular weight excluding hydrogens is 358 g/mol. The first kappa shape index (κ1) is 18.2. The van der Waals surface area contributed by atoms with Crippen LogP contribution in [0.4, 0.5) is 8.78 Å². The van der Waals surface area contributed by atoms with E-state index in [9.17, 15) is 8.78 Å². The van der Waals surface area contributed by atoms with Gasteiger partial charge in [-0.1, -0.05) is 56.0 Å². The Balaban J connectivity index is 1.89. The van der Waals surface area contributed by atoms with Gasteiger partial charge < -0.3 is 0 Å². The van der Waals surface area contributed by atoms with Gasteiger partial charge >= 0.3 is 0 Å². The fourth-order valence-electron chi connectivity index (χ4n) is 4.02. The second-order valence-electron chi connectivity index (χ2n) is 7.22. The molecule has 27 heavy (non-hydrogen) atoms. The lowest BCUT2D eigenvalue weighted by Crippen LogP contribution is -2.08. The van der Waals surface area contributed by atoms with Crippen LogP contribution in [0.1, 0.15) is 49.3 Å². The molecule has 0 radical (unpaired) electrons. The van der Waals surface area contributed by atoms with Gasteiger partial charge in [-0.25, -0.2) is 8.78 Å².